The third-order valence-corrected chi connectivity index (χ3v) is 4.01. The lowest BCUT2D eigenvalue weighted by atomic mass is 9.77. The van der Waals surface area contributed by atoms with Crippen LogP contribution in [0.4, 0.5) is 11.6 Å². The van der Waals surface area contributed by atoms with Gasteiger partial charge in [0.1, 0.15) is 18.0 Å². The number of aromatic nitrogens is 2. The van der Waals surface area contributed by atoms with Gasteiger partial charge in [0, 0.05) is 12.6 Å². The van der Waals surface area contributed by atoms with Crippen LogP contribution in [-0.2, 0) is 0 Å². The van der Waals surface area contributed by atoms with E-state index >= 15 is 0 Å². The Kier molecular flexibility index (Phi) is 5.17. The number of aliphatic hydroxyl groups excluding tert-OH is 1. The maximum absolute atomic E-state index is 9.81. The van der Waals surface area contributed by atoms with Gasteiger partial charge < -0.3 is 15.7 Å². The lowest BCUT2D eigenvalue weighted by Gasteiger charge is -2.39. The van der Waals surface area contributed by atoms with E-state index in [4.69, 9.17) is 0 Å². The monoisotopic (exact) mass is 278 g/mol. The Morgan fingerprint density at radius 2 is 2.20 bits per heavy atom. The summed E-state index contributed by atoms with van der Waals surface area (Å²) in [5, 5.41) is 16.5. The highest BCUT2D eigenvalue weighted by Crippen LogP contribution is 2.34. The molecule has 1 heterocycles. The molecule has 1 aliphatic carbocycles. The second-order valence-corrected chi connectivity index (χ2v) is 5.98. The molecular formula is C15H26N4O. The maximum atomic E-state index is 9.81. The molecule has 2 atom stereocenters. The molecule has 20 heavy (non-hydrogen) atoms. The number of rotatable bonds is 6. The van der Waals surface area contributed by atoms with Gasteiger partial charge in [0.25, 0.3) is 0 Å². The summed E-state index contributed by atoms with van der Waals surface area (Å²) in [7, 11) is 0. The van der Waals surface area contributed by atoms with Crippen LogP contribution >= 0.6 is 0 Å². The number of nitrogens with one attached hydrogen (secondary N) is 2. The molecule has 1 aromatic heterocycles. The van der Waals surface area contributed by atoms with Crippen molar-refractivity contribution in [1.82, 2.24) is 9.97 Å². The standard InChI is InChI=1S/C15H26N4O/c1-3-7-16-13-8-14(18-11-17-13)19-15(10-20)6-4-5-12(2)9-15/h8,11-12,20H,3-7,9-10H2,1-2H3,(H2,16,17,18,19). The van der Waals surface area contributed by atoms with Crippen LogP contribution in [0.1, 0.15) is 46.0 Å². The van der Waals surface area contributed by atoms with Crippen LogP contribution in [0.15, 0.2) is 12.4 Å². The van der Waals surface area contributed by atoms with E-state index < -0.39 is 0 Å². The van der Waals surface area contributed by atoms with Gasteiger partial charge in [-0.05, 0) is 25.2 Å². The first-order valence-corrected chi connectivity index (χ1v) is 7.62. The highest BCUT2D eigenvalue weighted by Gasteiger charge is 2.34. The predicted octanol–water partition coefficient (Wildman–Crippen LogP) is 2.65. The van der Waals surface area contributed by atoms with Crippen molar-refractivity contribution in [3.05, 3.63) is 12.4 Å². The molecule has 3 N–H and O–H groups in total. The molecule has 112 valence electrons. The number of hydrogen-bond donors (Lipinski definition) is 3. The Hall–Kier alpha value is -1.36. The normalized spacial score (nSPS) is 26.2. The van der Waals surface area contributed by atoms with E-state index in [1.807, 2.05) is 6.07 Å². The largest absolute Gasteiger partial charge is 0.394 e. The smallest absolute Gasteiger partial charge is 0.131 e. The molecule has 1 saturated carbocycles. The molecule has 0 bridgehead atoms. The molecule has 1 aromatic rings. The molecule has 0 radical (unpaired) electrons. The van der Waals surface area contributed by atoms with Gasteiger partial charge in [0.05, 0.1) is 12.1 Å². The van der Waals surface area contributed by atoms with Gasteiger partial charge in [0.15, 0.2) is 0 Å². The summed E-state index contributed by atoms with van der Waals surface area (Å²) >= 11 is 0. The van der Waals surface area contributed by atoms with Gasteiger partial charge in [-0.15, -0.1) is 0 Å². The summed E-state index contributed by atoms with van der Waals surface area (Å²) < 4.78 is 0. The van der Waals surface area contributed by atoms with Gasteiger partial charge in [-0.3, -0.25) is 0 Å². The van der Waals surface area contributed by atoms with E-state index in [9.17, 15) is 5.11 Å². The molecule has 0 amide bonds. The zero-order valence-electron chi connectivity index (χ0n) is 12.5. The first-order chi connectivity index (χ1) is 9.67. The Morgan fingerprint density at radius 1 is 1.40 bits per heavy atom. The van der Waals surface area contributed by atoms with Crippen molar-refractivity contribution in [2.45, 2.75) is 51.5 Å². The highest BCUT2D eigenvalue weighted by atomic mass is 16.3. The zero-order chi connectivity index (χ0) is 14.4. The van der Waals surface area contributed by atoms with Crippen LogP contribution < -0.4 is 10.6 Å². The molecule has 5 heteroatoms. The minimum absolute atomic E-state index is 0.152. The molecule has 0 spiro atoms. The lowest BCUT2D eigenvalue weighted by molar-refractivity contribution is 0.149. The average molecular weight is 278 g/mol. The molecule has 1 fully saturated rings. The molecule has 5 nitrogen and oxygen atoms in total. The topological polar surface area (TPSA) is 70.1 Å². The summed E-state index contributed by atoms with van der Waals surface area (Å²) in [6.07, 6.45) is 7.01. The van der Waals surface area contributed by atoms with Crippen molar-refractivity contribution < 1.29 is 5.11 Å². The molecular weight excluding hydrogens is 252 g/mol. The molecule has 2 rings (SSSR count). The van der Waals surface area contributed by atoms with Gasteiger partial charge in [-0.25, -0.2) is 9.97 Å². The van der Waals surface area contributed by atoms with Crippen molar-refractivity contribution in [2.24, 2.45) is 5.92 Å². The lowest BCUT2D eigenvalue weighted by Crippen LogP contribution is -2.46. The Balaban J connectivity index is 2.07. The first-order valence-electron chi connectivity index (χ1n) is 7.62. The SMILES string of the molecule is CCCNc1cc(NC2(CO)CCCC(C)C2)ncn1. The number of anilines is 2. The van der Waals surface area contributed by atoms with E-state index in [0.29, 0.717) is 5.92 Å². The van der Waals surface area contributed by atoms with Gasteiger partial charge in [0.2, 0.25) is 0 Å². The Labute approximate surface area is 121 Å². The van der Waals surface area contributed by atoms with Crippen molar-refractivity contribution in [3.8, 4) is 0 Å². The van der Waals surface area contributed by atoms with E-state index in [0.717, 1.165) is 43.9 Å². The zero-order valence-corrected chi connectivity index (χ0v) is 12.5. The first kappa shape index (κ1) is 15.0. The van der Waals surface area contributed by atoms with E-state index in [1.165, 1.54) is 6.42 Å². The van der Waals surface area contributed by atoms with Crippen LogP contribution in [0.5, 0.6) is 0 Å². The highest BCUT2D eigenvalue weighted by molar-refractivity contribution is 5.48. The van der Waals surface area contributed by atoms with Gasteiger partial charge in [-0.1, -0.05) is 26.7 Å². The van der Waals surface area contributed by atoms with E-state index in [1.54, 1.807) is 6.33 Å². The summed E-state index contributed by atoms with van der Waals surface area (Å²) in [4.78, 5) is 8.50. The Morgan fingerprint density at radius 3 is 2.90 bits per heavy atom. The molecule has 0 aromatic carbocycles. The number of aliphatic hydroxyl groups is 1. The van der Waals surface area contributed by atoms with Crippen LogP contribution in [0, 0.1) is 5.92 Å². The summed E-state index contributed by atoms with van der Waals surface area (Å²) in [6, 6.07) is 1.92. The van der Waals surface area contributed by atoms with Crippen LogP contribution in [0.3, 0.4) is 0 Å². The molecule has 2 unspecified atom stereocenters. The third-order valence-electron chi connectivity index (χ3n) is 4.01. The quantitative estimate of drug-likeness (QED) is 0.746. The van der Waals surface area contributed by atoms with Gasteiger partial charge in [-0.2, -0.15) is 0 Å². The third kappa shape index (κ3) is 3.82. The van der Waals surface area contributed by atoms with E-state index in [-0.39, 0.29) is 12.1 Å². The van der Waals surface area contributed by atoms with Crippen LogP contribution in [-0.4, -0.2) is 33.8 Å². The summed E-state index contributed by atoms with van der Waals surface area (Å²) in [5.74, 6) is 2.27. The van der Waals surface area contributed by atoms with E-state index in [2.05, 4.69) is 34.4 Å². The fourth-order valence-electron chi connectivity index (χ4n) is 3.00. The molecule has 0 aliphatic heterocycles. The average Bonchev–Trinajstić information content (AvgIpc) is 2.45. The molecule has 1 aliphatic rings. The maximum Gasteiger partial charge on any atom is 0.131 e. The summed E-state index contributed by atoms with van der Waals surface area (Å²) in [5.41, 5.74) is -0.228. The second-order valence-electron chi connectivity index (χ2n) is 5.98. The minimum Gasteiger partial charge on any atom is -0.394 e. The molecule has 0 saturated heterocycles. The minimum atomic E-state index is -0.228. The Bertz CT molecular complexity index is 426. The van der Waals surface area contributed by atoms with Gasteiger partial charge >= 0.3 is 0 Å². The predicted molar refractivity (Wildman–Crippen MR) is 81.9 cm³/mol. The second kappa shape index (κ2) is 6.88. The fraction of sp³-hybridized carbons (Fsp3) is 0.733. The van der Waals surface area contributed by atoms with Crippen molar-refractivity contribution >= 4 is 11.6 Å². The van der Waals surface area contributed by atoms with Crippen LogP contribution in [0.25, 0.3) is 0 Å². The fourth-order valence-corrected chi connectivity index (χ4v) is 3.00. The van der Waals surface area contributed by atoms with Crippen molar-refractivity contribution in [1.29, 1.82) is 0 Å². The van der Waals surface area contributed by atoms with Crippen LogP contribution in [0.2, 0.25) is 0 Å². The summed E-state index contributed by atoms with van der Waals surface area (Å²) in [6.45, 7) is 5.43. The van der Waals surface area contributed by atoms with Crippen molar-refractivity contribution in [2.75, 3.05) is 23.8 Å². The number of nitrogens with zero attached hydrogens (tertiary/aromatic N) is 2. The van der Waals surface area contributed by atoms with Crippen molar-refractivity contribution in [3.63, 3.8) is 0 Å². The number of hydrogen-bond acceptors (Lipinski definition) is 5.